The van der Waals surface area contributed by atoms with Crippen LogP contribution in [0.15, 0.2) is 97.3 Å². The van der Waals surface area contributed by atoms with Crippen LogP contribution in [0, 0.1) is 11.8 Å². The number of likely N-dealkylation sites (tertiary alicyclic amines) is 2. The highest BCUT2D eigenvalue weighted by molar-refractivity contribution is 5.68. The average Bonchev–Trinajstić information content (AvgIpc) is 3.86. The number of hydrogen-bond donors (Lipinski definition) is 0. The second-order valence-electron chi connectivity index (χ2n) is 15.0. The van der Waals surface area contributed by atoms with Gasteiger partial charge in [-0.1, -0.05) is 60.7 Å². The number of halogens is 6. The summed E-state index contributed by atoms with van der Waals surface area (Å²) in [6.45, 7) is 4.32. The molecule has 2 aromatic carbocycles. The van der Waals surface area contributed by atoms with Gasteiger partial charge in [0.05, 0.1) is 12.4 Å². The van der Waals surface area contributed by atoms with Gasteiger partial charge >= 0.3 is 24.9 Å². The Morgan fingerprint density at radius 3 is 1.30 bits per heavy atom. The van der Waals surface area contributed by atoms with Crippen LogP contribution in [-0.4, -0.2) is 96.0 Å². The highest BCUT2D eigenvalue weighted by Gasteiger charge is 2.42. The zero-order chi connectivity index (χ0) is 42.3. The Kier molecular flexibility index (Phi) is 13.0. The van der Waals surface area contributed by atoms with E-state index in [-0.39, 0.29) is 60.8 Å². The number of piperidine rings is 2. The molecule has 0 aliphatic carbocycles. The Labute approximate surface area is 342 Å². The minimum absolute atomic E-state index is 0.199. The summed E-state index contributed by atoms with van der Waals surface area (Å²) in [7, 11) is 0. The number of carbonyl (C=O) groups is 2. The normalized spacial score (nSPS) is 21.3. The van der Waals surface area contributed by atoms with Crippen molar-refractivity contribution in [3.63, 3.8) is 0 Å². The summed E-state index contributed by atoms with van der Waals surface area (Å²) in [5.41, 5.74) is 1.88. The van der Waals surface area contributed by atoms with Crippen LogP contribution in [-0.2, 0) is 22.7 Å². The molecule has 4 aromatic rings. The molecular formula is C42H44F6N6O6. The first-order chi connectivity index (χ1) is 28.8. The van der Waals surface area contributed by atoms with Crippen LogP contribution in [0.25, 0.3) is 0 Å². The van der Waals surface area contributed by atoms with Crippen molar-refractivity contribution in [3.8, 4) is 11.5 Å². The summed E-state index contributed by atoms with van der Waals surface area (Å²) >= 11 is 0. The summed E-state index contributed by atoms with van der Waals surface area (Å²) in [6.07, 6.45) is -4.64. The monoisotopic (exact) mass is 842 g/mol. The lowest BCUT2D eigenvalue weighted by molar-refractivity contribution is -0.275. The topological polar surface area (TPSA) is 110 Å². The molecule has 4 atom stereocenters. The highest BCUT2D eigenvalue weighted by atomic mass is 19.4. The minimum atomic E-state index is -4.73. The zero-order valence-corrected chi connectivity index (χ0v) is 32.4. The van der Waals surface area contributed by atoms with Crippen molar-refractivity contribution in [2.24, 2.45) is 11.8 Å². The summed E-state index contributed by atoms with van der Waals surface area (Å²) < 4.78 is 92.5. The van der Waals surface area contributed by atoms with Gasteiger partial charge in [0.1, 0.15) is 36.3 Å². The van der Waals surface area contributed by atoms with Crippen molar-refractivity contribution in [2.45, 2.75) is 63.7 Å². The molecule has 320 valence electrons. The van der Waals surface area contributed by atoms with E-state index >= 15 is 0 Å². The van der Waals surface area contributed by atoms with E-state index in [0.717, 1.165) is 62.3 Å². The van der Waals surface area contributed by atoms with Crippen LogP contribution in [0.1, 0.15) is 36.8 Å². The van der Waals surface area contributed by atoms with E-state index < -0.39 is 12.7 Å². The van der Waals surface area contributed by atoms with E-state index in [9.17, 15) is 35.9 Å². The van der Waals surface area contributed by atoms with Crippen LogP contribution in [0.2, 0.25) is 0 Å². The number of pyridine rings is 2. The molecule has 2 aromatic heterocycles. The molecular weight excluding hydrogens is 798 g/mol. The van der Waals surface area contributed by atoms with E-state index in [1.165, 1.54) is 12.1 Å². The van der Waals surface area contributed by atoms with Crippen LogP contribution in [0.4, 0.5) is 47.6 Å². The van der Waals surface area contributed by atoms with Crippen molar-refractivity contribution >= 4 is 23.8 Å². The summed E-state index contributed by atoms with van der Waals surface area (Å²) in [6, 6.07) is 25.1. The number of fused-ring (bicyclic) bond motifs is 2. The number of alkyl halides is 6. The molecule has 2 amide bonds. The maximum absolute atomic E-state index is 12.4. The van der Waals surface area contributed by atoms with Crippen LogP contribution < -0.4 is 19.3 Å². The van der Waals surface area contributed by atoms with Crippen molar-refractivity contribution in [1.82, 2.24) is 19.8 Å². The predicted octanol–water partition coefficient (Wildman–Crippen LogP) is 8.44. The van der Waals surface area contributed by atoms with Gasteiger partial charge in [-0.05, 0) is 72.9 Å². The van der Waals surface area contributed by atoms with Gasteiger partial charge in [0.2, 0.25) is 0 Å². The van der Waals surface area contributed by atoms with Gasteiger partial charge in [0, 0.05) is 51.4 Å². The Morgan fingerprint density at radius 2 is 0.950 bits per heavy atom. The SMILES string of the molecule is O=C(OCc1ccccc1)N1CC[C@@H]2[C@@H](CCN2c2ccc(OC(F)(F)F)cn2)C1.O=C(OCc1ccccc1)N1CC[C@H]2[C@H](CCN2c2ccc(OC(F)(F)F)cn2)C1. The molecule has 60 heavy (non-hydrogen) atoms. The summed E-state index contributed by atoms with van der Waals surface area (Å²) in [5.74, 6) is 1.12. The number of carbonyl (C=O) groups excluding carboxylic acids is 2. The molecule has 0 saturated carbocycles. The number of ether oxygens (including phenoxy) is 4. The van der Waals surface area contributed by atoms with Gasteiger partial charge < -0.3 is 38.5 Å². The third-order valence-corrected chi connectivity index (χ3v) is 11.1. The second kappa shape index (κ2) is 18.5. The molecule has 8 rings (SSSR count). The maximum Gasteiger partial charge on any atom is 0.573 e. The fraction of sp³-hybridized carbons (Fsp3) is 0.429. The third kappa shape index (κ3) is 11.2. The maximum atomic E-state index is 12.4. The van der Waals surface area contributed by atoms with Crippen LogP contribution in [0.5, 0.6) is 11.5 Å². The van der Waals surface area contributed by atoms with Crippen molar-refractivity contribution in [3.05, 3.63) is 108 Å². The Morgan fingerprint density at radius 1 is 0.550 bits per heavy atom. The lowest BCUT2D eigenvalue weighted by atomic mass is 9.93. The van der Waals surface area contributed by atoms with Gasteiger partial charge in [0.25, 0.3) is 0 Å². The highest BCUT2D eigenvalue weighted by Crippen LogP contribution is 2.37. The van der Waals surface area contributed by atoms with Crippen molar-refractivity contribution in [2.75, 3.05) is 49.1 Å². The fourth-order valence-electron chi connectivity index (χ4n) is 8.36. The lowest BCUT2D eigenvalue weighted by Gasteiger charge is -2.37. The lowest BCUT2D eigenvalue weighted by Crippen LogP contribution is -2.48. The van der Waals surface area contributed by atoms with Gasteiger partial charge in [-0.3, -0.25) is 0 Å². The molecule has 0 bridgehead atoms. The smallest absolute Gasteiger partial charge is 0.445 e. The Balaban J connectivity index is 0.000000181. The second-order valence-corrected chi connectivity index (χ2v) is 15.0. The zero-order valence-electron chi connectivity index (χ0n) is 32.4. The number of hydrogen-bond acceptors (Lipinski definition) is 10. The number of aromatic nitrogens is 2. The van der Waals surface area contributed by atoms with Gasteiger partial charge in [-0.25, -0.2) is 19.6 Å². The van der Waals surface area contributed by atoms with Crippen LogP contribution >= 0.6 is 0 Å². The van der Waals surface area contributed by atoms with Gasteiger partial charge in [0.15, 0.2) is 0 Å². The van der Waals surface area contributed by atoms with E-state index in [1.807, 2.05) is 60.7 Å². The largest absolute Gasteiger partial charge is 0.573 e. The number of benzene rings is 2. The molecule has 4 aliphatic heterocycles. The van der Waals surface area contributed by atoms with Gasteiger partial charge in [-0.2, -0.15) is 0 Å². The predicted molar refractivity (Wildman–Crippen MR) is 206 cm³/mol. The minimum Gasteiger partial charge on any atom is -0.445 e. The molecule has 18 heteroatoms. The van der Waals surface area contributed by atoms with E-state index in [2.05, 4.69) is 29.2 Å². The first-order valence-electron chi connectivity index (χ1n) is 19.7. The first kappa shape index (κ1) is 42.2. The van der Waals surface area contributed by atoms with E-state index in [4.69, 9.17) is 9.47 Å². The molecule has 0 spiro atoms. The average molecular weight is 843 g/mol. The van der Waals surface area contributed by atoms with Crippen LogP contribution in [0.3, 0.4) is 0 Å². The van der Waals surface area contributed by atoms with Crippen molar-refractivity contribution in [1.29, 1.82) is 0 Å². The molecule has 4 aliphatic rings. The Bertz CT molecular complexity index is 1870. The first-order valence-corrected chi connectivity index (χ1v) is 19.7. The summed E-state index contributed by atoms with van der Waals surface area (Å²) in [5, 5.41) is 0. The quantitative estimate of drug-likeness (QED) is 0.161. The molecule has 12 nitrogen and oxygen atoms in total. The number of anilines is 2. The Hall–Kier alpha value is -5.94. The molecule has 4 saturated heterocycles. The molecule has 4 fully saturated rings. The molecule has 6 heterocycles. The standard InChI is InChI=1S/2C21H22F3N3O3/c2*22-21(23,24)30-17-6-7-19(25-12-17)27-11-8-16-13-26(10-9-18(16)27)20(28)29-14-15-4-2-1-3-5-15/h2*1-7,12,16,18H,8-11,13-14H2/t2*16-,18+/m10/s1. The van der Waals surface area contributed by atoms with Gasteiger partial charge in [-0.15, -0.1) is 26.3 Å². The third-order valence-electron chi connectivity index (χ3n) is 11.1. The molecule has 0 unspecified atom stereocenters. The molecule has 0 radical (unpaired) electrons. The van der Waals surface area contributed by atoms with Crippen molar-refractivity contribution < 1.29 is 54.9 Å². The van der Waals surface area contributed by atoms with E-state index in [1.54, 1.807) is 21.9 Å². The number of amides is 2. The summed E-state index contributed by atoms with van der Waals surface area (Å²) in [4.78, 5) is 40.9. The fourth-order valence-corrected chi connectivity index (χ4v) is 8.36. The molecule has 0 N–H and O–H groups in total. The number of rotatable bonds is 8. The number of nitrogens with zero attached hydrogens (tertiary/aromatic N) is 6. The van der Waals surface area contributed by atoms with E-state index in [0.29, 0.717) is 37.8 Å².